The molecule has 1 aromatic carbocycles. The summed E-state index contributed by atoms with van der Waals surface area (Å²) in [6.45, 7) is -0.303. The monoisotopic (exact) mass is 389 g/mol. The van der Waals surface area contributed by atoms with Crippen LogP contribution < -0.4 is 10.6 Å². The Bertz CT molecular complexity index is 938. The molecule has 0 amide bonds. The van der Waals surface area contributed by atoms with Gasteiger partial charge in [0.05, 0.1) is 15.7 Å². The number of carboxylic acid groups (broad SMARTS) is 1. The summed E-state index contributed by atoms with van der Waals surface area (Å²) in [7, 11) is 0. The van der Waals surface area contributed by atoms with Crippen LogP contribution in [0.4, 0.5) is 17.5 Å². The summed E-state index contributed by atoms with van der Waals surface area (Å²) in [4.78, 5) is 23.5. The summed E-state index contributed by atoms with van der Waals surface area (Å²) in [5, 5.41) is 15.5. The molecular weight excluding hydrogens is 377 g/mol. The van der Waals surface area contributed by atoms with Crippen molar-refractivity contribution in [2.45, 2.75) is 0 Å². The summed E-state index contributed by atoms with van der Waals surface area (Å²) in [5.74, 6) is -0.374. The second kappa shape index (κ2) is 7.99. The zero-order valence-electron chi connectivity index (χ0n) is 13.3. The lowest BCUT2D eigenvalue weighted by molar-refractivity contribution is -0.134. The summed E-state index contributed by atoms with van der Waals surface area (Å²) < 4.78 is 0. The number of benzene rings is 1. The number of nitrogens with one attached hydrogen (secondary N) is 2. The predicted molar refractivity (Wildman–Crippen MR) is 101 cm³/mol. The fraction of sp³-hybridized carbons (Fsp3) is 0.0588. The SMILES string of the molecule is O=C(O)CNc1nc(Nc2ccc(Cl)c(Cl)c2)cc(-c2cccnc2)n1. The van der Waals surface area contributed by atoms with E-state index in [2.05, 4.69) is 25.6 Å². The maximum atomic E-state index is 10.8. The van der Waals surface area contributed by atoms with Gasteiger partial charge >= 0.3 is 5.97 Å². The number of rotatable bonds is 6. The topological polar surface area (TPSA) is 100 Å². The van der Waals surface area contributed by atoms with Gasteiger partial charge < -0.3 is 15.7 Å². The Balaban J connectivity index is 1.95. The van der Waals surface area contributed by atoms with E-state index in [0.717, 1.165) is 5.56 Å². The van der Waals surface area contributed by atoms with Gasteiger partial charge in [-0.3, -0.25) is 9.78 Å². The molecule has 0 fully saturated rings. The fourth-order valence-corrected chi connectivity index (χ4v) is 2.43. The molecule has 3 N–H and O–H groups in total. The molecule has 0 aliphatic carbocycles. The Kier molecular flexibility index (Phi) is 5.50. The predicted octanol–water partition coefficient (Wildman–Crippen LogP) is 4.09. The van der Waals surface area contributed by atoms with Gasteiger partial charge in [0.1, 0.15) is 12.4 Å². The van der Waals surface area contributed by atoms with Gasteiger partial charge in [-0.25, -0.2) is 4.98 Å². The molecule has 0 saturated heterocycles. The van der Waals surface area contributed by atoms with E-state index in [1.165, 1.54) is 0 Å². The number of aromatic nitrogens is 3. The smallest absolute Gasteiger partial charge is 0.322 e. The molecule has 2 aromatic heterocycles. The number of anilines is 3. The minimum atomic E-state index is -1.01. The molecular formula is C17H13Cl2N5O2. The zero-order valence-corrected chi connectivity index (χ0v) is 14.8. The number of hydrogen-bond acceptors (Lipinski definition) is 6. The molecule has 9 heteroatoms. The summed E-state index contributed by atoms with van der Waals surface area (Å²) >= 11 is 12.0. The van der Waals surface area contributed by atoms with Crippen LogP contribution in [0.3, 0.4) is 0 Å². The Morgan fingerprint density at radius 1 is 1.12 bits per heavy atom. The van der Waals surface area contributed by atoms with E-state index in [0.29, 0.717) is 27.2 Å². The number of hydrogen-bond donors (Lipinski definition) is 3. The summed E-state index contributed by atoms with van der Waals surface area (Å²) in [6, 6.07) is 10.4. The Morgan fingerprint density at radius 3 is 2.65 bits per heavy atom. The molecule has 0 spiro atoms. The van der Waals surface area contributed by atoms with Crippen LogP contribution in [0.15, 0.2) is 48.8 Å². The van der Waals surface area contributed by atoms with Crippen molar-refractivity contribution in [2.75, 3.05) is 17.2 Å². The molecule has 2 heterocycles. The van der Waals surface area contributed by atoms with Crippen molar-refractivity contribution in [3.63, 3.8) is 0 Å². The van der Waals surface area contributed by atoms with Gasteiger partial charge in [-0.2, -0.15) is 4.98 Å². The van der Waals surface area contributed by atoms with E-state index >= 15 is 0 Å². The maximum absolute atomic E-state index is 10.8. The van der Waals surface area contributed by atoms with Crippen LogP contribution in [0.1, 0.15) is 0 Å². The van der Waals surface area contributed by atoms with Crippen molar-refractivity contribution in [3.8, 4) is 11.3 Å². The van der Waals surface area contributed by atoms with Gasteiger partial charge in [0, 0.05) is 29.7 Å². The van der Waals surface area contributed by atoms with Crippen molar-refractivity contribution < 1.29 is 9.90 Å². The first-order valence-corrected chi connectivity index (χ1v) is 8.24. The molecule has 7 nitrogen and oxygen atoms in total. The minimum absolute atomic E-state index is 0.177. The van der Waals surface area contributed by atoms with Crippen molar-refractivity contribution in [3.05, 3.63) is 58.8 Å². The van der Waals surface area contributed by atoms with E-state index < -0.39 is 5.97 Å². The van der Waals surface area contributed by atoms with Crippen LogP contribution in [0.25, 0.3) is 11.3 Å². The highest BCUT2D eigenvalue weighted by Gasteiger charge is 2.09. The molecule has 0 atom stereocenters. The molecule has 132 valence electrons. The van der Waals surface area contributed by atoms with Gasteiger partial charge in [0.15, 0.2) is 0 Å². The Labute approximate surface area is 159 Å². The molecule has 0 unspecified atom stereocenters. The van der Waals surface area contributed by atoms with Crippen LogP contribution in [0.5, 0.6) is 0 Å². The Morgan fingerprint density at radius 2 is 1.96 bits per heavy atom. The van der Waals surface area contributed by atoms with E-state index in [1.807, 2.05) is 6.07 Å². The largest absolute Gasteiger partial charge is 0.480 e. The van der Waals surface area contributed by atoms with Crippen LogP contribution in [0.2, 0.25) is 10.0 Å². The number of carbonyl (C=O) groups is 1. The number of nitrogens with zero attached hydrogens (tertiary/aromatic N) is 3. The van der Waals surface area contributed by atoms with Gasteiger partial charge in [-0.05, 0) is 30.3 Å². The summed E-state index contributed by atoms with van der Waals surface area (Å²) in [6.07, 6.45) is 3.31. The first-order chi connectivity index (χ1) is 12.5. The van der Waals surface area contributed by atoms with Gasteiger partial charge in [-0.15, -0.1) is 0 Å². The third-order valence-corrected chi connectivity index (χ3v) is 4.01. The van der Waals surface area contributed by atoms with Gasteiger partial charge in [0.25, 0.3) is 0 Å². The molecule has 0 aliphatic heterocycles. The van der Waals surface area contributed by atoms with Gasteiger partial charge in [0.2, 0.25) is 5.95 Å². The van der Waals surface area contributed by atoms with Crippen molar-refractivity contribution in [1.29, 1.82) is 0 Å². The lowest BCUT2D eigenvalue weighted by atomic mass is 10.2. The average molecular weight is 390 g/mol. The van der Waals surface area contributed by atoms with Crippen molar-refractivity contribution in [1.82, 2.24) is 15.0 Å². The lowest BCUT2D eigenvalue weighted by Gasteiger charge is -2.11. The van der Waals surface area contributed by atoms with Gasteiger partial charge in [-0.1, -0.05) is 23.2 Å². The third-order valence-electron chi connectivity index (χ3n) is 3.27. The van der Waals surface area contributed by atoms with Crippen molar-refractivity contribution in [2.24, 2.45) is 0 Å². The number of halogens is 2. The Hall–Kier alpha value is -2.90. The summed E-state index contributed by atoms with van der Waals surface area (Å²) in [5.41, 5.74) is 2.04. The van der Waals surface area contributed by atoms with Crippen LogP contribution in [0, 0.1) is 0 Å². The first kappa shape index (κ1) is 17.9. The highest BCUT2D eigenvalue weighted by molar-refractivity contribution is 6.42. The second-order valence-corrected chi connectivity index (χ2v) is 6.02. The van der Waals surface area contributed by atoms with Crippen LogP contribution in [-0.4, -0.2) is 32.6 Å². The maximum Gasteiger partial charge on any atom is 0.322 e. The van der Waals surface area contributed by atoms with Crippen molar-refractivity contribution >= 4 is 46.6 Å². The molecule has 3 aromatic rings. The van der Waals surface area contributed by atoms with E-state index in [1.54, 1.807) is 42.7 Å². The zero-order chi connectivity index (χ0) is 18.5. The molecule has 3 rings (SSSR count). The number of aliphatic carboxylic acids is 1. The molecule has 0 radical (unpaired) electrons. The van der Waals surface area contributed by atoms with E-state index in [9.17, 15) is 4.79 Å². The first-order valence-electron chi connectivity index (χ1n) is 7.48. The normalized spacial score (nSPS) is 10.4. The standard InChI is InChI=1S/C17H13Cl2N5O2/c18-12-4-3-11(6-13(12)19)22-15-7-14(10-2-1-5-20-8-10)23-17(24-15)21-9-16(25)26/h1-8H,9H2,(H,25,26)(H2,21,22,23,24). The minimum Gasteiger partial charge on any atom is -0.480 e. The lowest BCUT2D eigenvalue weighted by Crippen LogP contribution is -2.15. The highest BCUT2D eigenvalue weighted by atomic mass is 35.5. The quantitative estimate of drug-likeness (QED) is 0.583. The molecule has 0 bridgehead atoms. The molecule has 0 aliphatic rings. The second-order valence-electron chi connectivity index (χ2n) is 5.20. The van der Waals surface area contributed by atoms with E-state index in [4.69, 9.17) is 28.3 Å². The van der Waals surface area contributed by atoms with E-state index in [-0.39, 0.29) is 12.5 Å². The molecule has 26 heavy (non-hydrogen) atoms. The highest BCUT2D eigenvalue weighted by Crippen LogP contribution is 2.28. The average Bonchev–Trinajstić information content (AvgIpc) is 2.64. The van der Waals surface area contributed by atoms with Crippen LogP contribution >= 0.6 is 23.2 Å². The number of carboxylic acids is 1. The molecule has 0 saturated carbocycles. The van der Waals surface area contributed by atoms with Crippen LogP contribution in [-0.2, 0) is 4.79 Å². The fourth-order valence-electron chi connectivity index (χ4n) is 2.13. The third kappa shape index (κ3) is 4.59. The number of pyridine rings is 1.